The molecule has 2 aliphatic heterocycles. The Morgan fingerprint density at radius 3 is 2.76 bits per heavy atom. The second kappa shape index (κ2) is 4.92. The first kappa shape index (κ1) is 13.7. The normalized spacial score (nSPS) is 21.5. The summed E-state index contributed by atoms with van der Waals surface area (Å²) in [6.07, 6.45) is 0.433. The van der Waals surface area contributed by atoms with Crippen molar-refractivity contribution in [1.29, 1.82) is 0 Å². The maximum Gasteiger partial charge on any atom is 0.255 e. The zero-order chi connectivity index (χ0) is 15.1. The van der Waals surface area contributed by atoms with E-state index < -0.39 is 23.7 Å². The van der Waals surface area contributed by atoms with Crippen molar-refractivity contribution in [3.63, 3.8) is 0 Å². The van der Waals surface area contributed by atoms with E-state index >= 15 is 0 Å². The van der Waals surface area contributed by atoms with E-state index in [4.69, 9.17) is 5.73 Å². The maximum absolute atomic E-state index is 14.0. The molecule has 1 unspecified atom stereocenters. The van der Waals surface area contributed by atoms with Gasteiger partial charge in [0.1, 0.15) is 11.9 Å². The number of nitrogens with zero attached hydrogens (tertiary/aromatic N) is 1. The van der Waals surface area contributed by atoms with Crippen LogP contribution in [0.25, 0.3) is 0 Å². The number of amides is 3. The number of imide groups is 1. The van der Waals surface area contributed by atoms with Crippen LogP contribution in [0.3, 0.4) is 0 Å². The number of carbonyl (C=O) groups excluding carboxylic acids is 3. The third-order valence-electron chi connectivity index (χ3n) is 3.90. The zero-order valence-corrected chi connectivity index (χ0v) is 11.2. The average molecular weight is 291 g/mol. The van der Waals surface area contributed by atoms with Gasteiger partial charge in [0, 0.05) is 24.1 Å². The number of benzene rings is 1. The van der Waals surface area contributed by atoms with Crippen LogP contribution in [0, 0.1) is 5.82 Å². The SMILES string of the molecule is NCc1cc(F)c2c(c1)C(=O)N(C1CCC(=O)NC1=O)C2. The number of hydrogen-bond acceptors (Lipinski definition) is 4. The van der Waals surface area contributed by atoms with Gasteiger partial charge in [0.25, 0.3) is 5.91 Å². The lowest BCUT2D eigenvalue weighted by Gasteiger charge is -2.29. The van der Waals surface area contributed by atoms with E-state index in [9.17, 15) is 18.8 Å². The predicted octanol–water partition coefficient (Wildman–Crippen LogP) is 0.0454. The molecule has 3 N–H and O–H groups in total. The highest BCUT2D eigenvalue weighted by atomic mass is 19.1. The van der Waals surface area contributed by atoms with Crippen LogP contribution in [0.15, 0.2) is 12.1 Å². The minimum absolute atomic E-state index is 0.0388. The van der Waals surface area contributed by atoms with E-state index in [1.54, 1.807) is 6.07 Å². The van der Waals surface area contributed by atoms with Gasteiger partial charge < -0.3 is 10.6 Å². The molecule has 3 amide bonds. The first-order valence-electron chi connectivity index (χ1n) is 6.67. The summed E-state index contributed by atoms with van der Waals surface area (Å²) in [5.41, 5.74) is 6.54. The highest BCUT2D eigenvalue weighted by Crippen LogP contribution is 2.30. The number of fused-ring (bicyclic) bond motifs is 1. The van der Waals surface area contributed by atoms with Crippen molar-refractivity contribution >= 4 is 17.7 Å². The summed E-state index contributed by atoms with van der Waals surface area (Å²) in [6, 6.07) is 2.13. The Balaban J connectivity index is 1.92. The predicted molar refractivity (Wildman–Crippen MR) is 70.3 cm³/mol. The molecule has 0 aliphatic carbocycles. The highest BCUT2D eigenvalue weighted by Gasteiger charge is 2.40. The van der Waals surface area contributed by atoms with Crippen LogP contribution in [0.5, 0.6) is 0 Å². The summed E-state index contributed by atoms with van der Waals surface area (Å²) >= 11 is 0. The molecule has 6 nitrogen and oxygen atoms in total. The molecule has 110 valence electrons. The van der Waals surface area contributed by atoms with E-state index in [-0.39, 0.29) is 43.0 Å². The van der Waals surface area contributed by atoms with Gasteiger partial charge in [-0.25, -0.2) is 4.39 Å². The summed E-state index contributed by atoms with van der Waals surface area (Å²) in [4.78, 5) is 36.7. The topological polar surface area (TPSA) is 92.5 Å². The molecule has 1 atom stereocenters. The molecule has 1 aromatic carbocycles. The smallest absolute Gasteiger partial charge is 0.255 e. The van der Waals surface area contributed by atoms with E-state index in [0.717, 1.165) is 0 Å². The van der Waals surface area contributed by atoms with Crippen molar-refractivity contribution in [3.8, 4) is 0 Å². The molecule has 2 aliphatic rings. The van der Waals surface area contributed by atoms with Crippen molar-refractivity contribution < 1.29 is 18.8 Å². The third-order valence-corrected chi connectivity index (χ3v) is 3.90. The summed E-state index contributed by atoms with van der Waals surface area (Å²) in [5.74, 6) is -1.74. The van der Waals surface area contributed by atoms with Crippen molar-refractivity contribution in [1.82, 2.24) is 10.2 Å². The molecular formula is C14H14FN3O3. The van der Waals surface area contributed by atoms with Crippen LogP contribution in [0.1, 0.15) is 34.3 Å². The number of nitrogens with two attached hydrogens (primary N) is 1. The molecule has 0 aromatic heterocycles. The van der Waals surface area contributed by atoms with Gasteiger partial charge in [-0.3, -0.25) is 19.7 Å². The number of piperidine rings is 1. The lowest BCUT2D eigenvalue weighted by atomic mass is 10.0. The van der Waals surface area contributed by atoms with Gasteiger partial charge in [-0.15, -0.1) is 0 Å². The van der Waals surface area contributed by atoms with Crippen LogP contribution in [0.4, 0.5) is 4.39 Å². The van der Waals surface area contributed by atoms with Crippen LogP contribution >= 0.6 is 0 Å². The van der Waals surface area contributed by atoms with E-state index in [0.29, 0.717) is 5.56 Å². The molecule has 21 heavy (non-hydrogen) atoms. The van der Waals surface area contributed by atoms with Gasteiger partial charge in [-0.05, 0) is 24.1 Å². The number of carbonyl (C=O) groups is 3. The Morgan fingerprint density at radius 1 is 1.33 bits per heavy atom. The maximum atomic E-state index is 14.0. The average Bonchev–Trinajstić information content (AvgIpc) is 2.77. The third kappa shape index (κ3) is 2.19. The minimum Gasteiger partial charge on any atom is -0.326 e. The first-order valence-corrected chi connectivity index (χ1v) is 6.67. The monoisotopic (exact) mass is 291 g/mol. The molecule has 1 saturated heterocycles. The standard InChI is InChI=1S/C14H14FN3O3/c15-10-4-7(5-16)3-8-9(10)6-18(14(8)21)11-1-2-12(19)17-13(11)20/h3-4,11H,1-2,5-6,16H2,(H,17,19,20). The van der Waals surface area contributed by atoms with E-state index in [1.807, 2.05) is 0 Å². The lowest BCUT2D eigenvalue weighted by molar-refractivity contribution is -0.136. The molecule has 1 aromatic rings. The minimum atomic E-state index is -0.733. The Kier molecular flexibility index (Phi) is 3.21. The van der Waals surface area contributed by atoms with Gasteiger partial charge in [0.15, 0.2) is 0 Å². The number of rotatable bonds is 2. The lowest BCUT2D eigenvalue weighted by Crippen LogP contribution is -2.52. The van der Waals surface area contributed by atoms with Crippen LogP contribution < -0.4 is 11.1 Å². The second-order valence-corrected chi connectivity index (χ2v) is 5.21. The number of hydrogen-bond donors (Lipinski definition) is 2. The van der Waals surface area contributed by atoms with Crippen molar-refractivity contribution in [3.05, 3.63) is 34.6 Å². The Bertz CT molecular complexity index is 659. The summed E-state index contributed by atoms with van der Waals surface area (Å²) < 4.78 is 14.0. The Hall–Kier alpha value is -2.28. The molecule has 3 rings (SSSR count). The summed E-state index contributed by atoms with van der Waals surface area (Å²) in [5, 5.41) is 2.21. The van der Waals surface area contributed by atoms with Crippen LogP contribution in [-0.4, -0.2) is 28.7 Å². The van der Waals surface area contributed by atoms with Gasteiger partial charge in [0.05, 0.1) is 6.54 Å². The fourth-order valence-electron chi connectivity index (χ4n) is 2.79. The number of nitrogens with one attached hydrogen (secondary N) is 1. The van der Waals surface area contributed by atoms with Gasteiger partial charge in [0.2, 0.25) is 11.8 Å². The van der Waals surface area contributed by atoms with Gasteiger partial charge >= 0.3 is 0 Å². The van der Waals surface area contributed by atoms with E-state index in [1.165, 1.54) is 11.0 Å². The molecule has 0 bridgehead atoms. The first-order chi connectivity index (χ1) is 10.0. The molecule has 0 saturated carbocycles. The molecule has 1 fully saturated rings. The fraction of sp³-hybridized carbons (Fsp3) is 0.357. The highest BCUT2D eigenvalue weighted by molar-refractivity contribution is 6.05. The van der Waals surface area contributed by atoms with Crippen molar-refractivity contribution in [2.24, 2.45) is 5.73 Å². The van der Waals surface area contributed by atoms with Crippen LogP contribution in [-0.2, 0) is 22.7 Å². The largest absolute Gasteiger partial charge is 0.326 e. The second-order valence-electron chi connectivity index (χ2n) is 5.21. The summed E-state index contributed by atoms with van der Waals surface area (Å²) in [6.45, 7) is 0.174. The Labute approximate surface area is 120 Å². The quantitative estimate of drug-likeness (QED) is 0.753. The molecule has 0 radical (unpaired) electrons. The van der Waals surface area contributed by atoms with Gasteiger partial charge in [-0.1, -0.05) is 0 Å². The van der Waals surface area contributed by atoms with Gasteiger partial charge in [-0.2, -0.15) is 0 Å². The molecular weight excluding hydrogens is 277 g/mol. The molecule has 7 heteroatoms. The Morgan fingerprint density at radius 2 is 2.10 bits per heavy atom. The molecule has 0 spiro atoms. The zero-order valence-electron chi connectivity index (χ0n) is 11.2. The van der Waals surface area contributed by atoms with Crippen LogP contribution in [0.2, 0.25) is 0 Å². The summed E-state index contributed by atoms with van der Waals surface area (Å²) in [7, 11) is 0. The van der Waals surface area contributed by atoms with Crippen molar-refractivity contribution in [2.75, 3.05) is 0 Å². The molecule has 2 heterocycles. The fourth-order valence-corrected chi connectivity index (χ4v) is 2.79. The van der Waals surface area contributed by atoms with Crippen molar-refractivity contribution in [2.45, 2.75) is 32.0 Å². The number of halogens is 1. The van der Waals surface area contributed by atoms with E-state index in [2.05, 4.69) is 5.32 Å².